The molecule has 4 nitrogen and oxygen atoms in total. The van der Waals surface area contributed by atoms with Gasteiger partial charge in [-0.25, -0.2) is 0 Å². The van der Waals surface area contributed by atoms with Gasteiger partial charge in [0, 0.05) is 12.1 Å². The summed E-state index contributed by atoms with van der Waals surface area (Å²) in [5.41, 5.74) is 2.66. The third kappa shape index (κ3) is 3.46. The molecule has 0 spiro atoms. The van der Waals surface area contributed by atoms with Crippen molar-refractivity contribution in [2.75, 3.05) is 19.5 Å². The highest BCUT2D eigenvalue weighted by atomic mass is 16.5. The summed E-state index contributed by atoms with van der Waals surface area (Å²) in [6.45, 7) is 2.06. The Bertz CT molecular complexity index is 645. The lowest BCUT2D eigenvalue weighted by Gasteiger charge is -2.18. The summed E-state index contributed by atoms with van der Waals surface area (Å²) < 4.78 is 10.6. The van der Waals surface area contributed by atoms with Crippen LogP contribution in [0, 0.1) is 11.3 Å². The molecular weight excluding hydrogens is 264 g/mol. The van der Waals surface area contributed by atoms with Crippen molar-refractivity contribution in [2.24, 2.45) is 0 Å². The lowest BCUT2D eigenvalue weighted by molar-refractivity contribution is 0.395. The van der Waals surface area contributed by atoms with Gasteiger partial charge in [0.05, 0.1) is 31.5 Å². The molecule has 0 bridgehead atoms. The summed E-state index contributed by atoms with van der Waals surface area (Å²) in [4.78, 5) is 0. The van der Waals surface area contributed by atoms with Crippen molar-refractivity contribution >= 4 is 5.69 Å². The molecule has 1 atom stereocenters. The number of ether oxygens (including phenoxy) is 2. The Morgan fingerprint density at radius 1 is 1.05 bits per heavy atom. The van der Waals surface area contributed by atoms with E-state index >= 15 is 0 Å². The zero-order chi connectivity index (χ0) is 15.2. The highest BCUT2D eigenvalue weighted by molar-refractivity contribution is 5.60. The highest BCUT2D eigenvalue weighted by Gasteiger charge is 2.10. The summed E-state index contributed by atoms with van der Waals surface area (Å²) >= 11 is 0. The first kappa shape index (κ1) is 14.7. The molecule has 2 rings (SSSR count). The summed E-state index contributed by atoms with van der Waals surface area (Å²) in [7, 11) is 3.26. The second kappa shape index (κ2) is 6.67. The van der Waals surface area contributed by atoms with Gasteiger partial charge in [-0.1, -0.05) is 12.1 Å². The molecule has 0 radical (unpaired) electrons. The van der Waals surface area contributed by atoms with E-state index in [0.29, 0.717) is 5.56 Å². The average Bonchev–Trinajstić information content (AvgIpc) is 2.55. The molecular formula is C17H18N2O2. The predicted octanol–water partition coefficient (Wildman–Crippen LogP) is 3.75. The number of nitrogens with zero attached hydrogens (tertiary/aromatic N) is 1. The van der Waals surface area contributed by atoms with Gasteiger partial charge in [-0.05, 0) is 36.8 Å². The standard InChI is InChI=1S/C17H18N2O2/c1-12(14-6-4-13(11-18)5-7-14)19-16-9-8-15(20-2)10-17(16)21-3/h4-10,12,19H,1-3H3. The fourth-order valence-corrected chi connectivity index (χ4v) is 2.08. The van der Waals surface area contributed by atoms with Gasteiger partial charge < -0.3 is 14.8 Å². The Kier molecular flexibility index (Phi) is 4.68. The van der Waals surface area contributed by atoms with Crippen LogP contribution >= 0.6 is 0 Å². The molecule has 0 aliphatic carbocycles. The first-order chi connectivity index (χ1) is 10.2. The summed E-state index contributed by atoms with van der Waals surface area (Å²) in [5.74, 6) is 1.48. The largest absolute Gasteiger partial charge is 0.497 e. The lowest BCUT2D eigenvalue weighted by atomic mass is 10.1. The van der Waals surface area contributed by atoms with Crippen LogP contribution in [0.25, 0.3) is 0 Å². The van der Waals surface area contributed by atoms with Crippen LogP contribution in [0.15, 0.2) is 42.5 Å². The molecule has 2 aromatic rings. The molecule has 108 valence electrons. The van der Waals surface area contributed by atoms with Crippen LogP contribution in [-0.4, -0.2) is 14.2 Å². The van der Waals surface area contributed by atoms with E-state index in [2.05, 4.69) is 18.3 Å². The van der Waals surface area contributed by atoms with Crippen molar-refractivity contribution in [1.82, 2.24) is 0 Å². The van der Waals surface area contributed by atoms with Crippen LogP contribution in [0.4, 0.5) is 5.69 Å². The molecule has 0 saturated heterocycles. The van der Waals surface area contributed by atoms with Crippen molar-refractivity contribution in [3.63, 3.8) is 0 Å². The Hall–Kier alpha value is -2.67. The third-order valence-corrected chi connectivity index (χ3v) is 3.32. The fourth-order valence-electron chi connectivity index (χ4n) is 2.08. The molecule has 0 saturated carbocycles. The van der Waals surface area contributed by atoms with E-state index in [1.807, 2.05) is 42.5 Å². The lowest BCUT2D eigenvalue weighted by Crippen LogP contribution is -2.07. The number of nitrogens with one attached hydrogen (secondary N) is 1. The molecule has 0 fully saturated rings. The second-order valence-electron chi connectivity index (χ2n) is 4.67. The number of benzene rings is 2. The zero-order valence-electron chi connectivity index (χ0n) is 12.4. The Labute approximate surface area is 124 Å². The monoisotopic (exact) mass is 282 g/mol. The van der Waals surface area contributed by atoms with E-state index in [4.69, 9.17) is 14.7 Å². The van der Waals surface area contributed by atoms with Crippen molar-refractivity contribution in [3.8, 4) is 17.6 Å². The van der Waals surface area contributed by atoms with Crippen molar-refractivity contribution in [2.45, 2.75) is 13.0 Å². The van der Waals surface area contributed by atoms with Crippen LogP contribution in [0.2, 0.25) is 0 Å². The maximum Gasteiger partial charge on any atom is 0.145 e. The van der Waals surface area contributed by atoms with Gasteiger partial charge in [-0.2, -0.15) is 5.26 Å². The summed E-state index contributed by atoms with van der Waals surface area (Å²) in [6, 6.07) is 15.4. The van der Waals surface area contributed by atoms with Crippen LogP contribution in [0.1, 0.15) is 24.1 Å². The van der Waals surface area contributed by atoms with E-state index in [9.17, 15) is 0 Å². The smallest absolute Gasteiger partial charge is 0.145 e. The molecule has 2 aromatic carbocycles. The molecule has 0 aliphatic heterocycles. The normalized spacial score (nSPS) is 11.3. The minimum Gasteiger partial charge on any atom is -0.497 e. The van der Waals surface area contributed by atoms with Gasteiger partial charge in [0.15, 0.2) is 0 Å². The van der Waals surface area contributed by atoms with E-state index < -0.39 is 0 Å². The first-order valence-corrected chi connectivity index (χ1v) is 6.66. The maximum absolute atomic E-state index is 8.83. The van der Waals surface area contributed by atoms with Gasteiger partial charge in [-0.3, -0.25) is 0 Å². The number of rotatable bonds is 5. The quantitative estimate of drug-likeness (QED) is 0.907. The molecule has 0 aromatic heterocycles. The number of methoxy groups -OCH3 is 2. The topological polar surface area (TPSA) is 54.3 Å². The molecule has 21 heavy (non-hydrogen) atoms. The van der Waals surface area contributed by atoms with E-state index in [1.54, 1.807) is 14.2 Å². The fraction of sp³-hybridized carbons (Fsp3) is 0.235. The summed E-state index contributed by atoms with van der Waals surface area (Å²) in [5, 5.41) is 12.2. The first-order valence-electron chi connectivity index (χ1n) is 6.66. The number of hydrogen-bond donors (Lipinski definition) is 1. The number of hydrogen-bond acceptors (Lipinski definition) is 4. The van der Waals surface area contributed by atoms with E-state index in [0.717, 1.165) is 22.7 Å². The Morgan fingerprint density at radius 3 is 2.33 bits per heavy atom. The molecule has 0 aliphatic rings. The van der Waals surface area contributed by atoms with Gasteiger partial charge >= 0.3 is 0 Å². The molecule has 1 N–H and O–H groups in total. The van der Waals surface area contributed by atoms with Gasteiger partial charge in [0.1, 0.15) is 11.5 Å². The van der Waals surface area contributed by atoms with Crippen molar-refractivity contribution in [1.29, 1.82) is 5.26 Å². The second-order valence-corrected chi connectivity index (χ2v) is 4.67. The van der Waals surface area contributed by atoms with E-state index in [-0.39, 0.29) is 6.04 Å². The summed E-state index contributed by atoms with van der Waals surface area (Å²) in [6.07, 6.45) is 0. The van der Waals surface area contributed by atoms with Crippen LogP contribution in [0.5, 0.6) is 11.5 Å². The van der Waals surface area contributed by atoms with Crippen LogP contribution in [-0.2, 0) is 0 Å². The molecule has 1 unspecified atom stereocenters. The maximum atomic E-state index is 8.83. The Balaban J connectivity index is 2.18. The molecule has 0 heterocycles. The Morgan fingerprint density at radius 2 is 1.76 bits per heavy atom. The number of nitriles is 1. The zero-order valence-corrected chi connectivity index (χ0v) is 12.4. The molecule has 0 amide bonds. The minimum absolute atomic E-state index is 0.0973. The van der Waals surface area contributed by atoms with Crippen LogP contribution < -0.4 is 14.8 Å². The minimum atomic E-state index is 0.0973. The van der Waals surface area contributed by atoms with E-state index in [1.165, 1.54) is 0 Å². The third-order valence-electron chi connectivity index (χ3n) is 3.32. The average molecular weight is 282 g/mol. The van der Waals surface area contributed by atoms with Crippen molar-refractivity contribution in [3.05, 3.63) is 53.6 Å². The molecule has 4 heteroatoms. The van der Waals surface area contributed by atoms with Crippen molar-refractivity contribution < 1.29 is 9.47 Å². The van der Waals surface area contributed by atoms with Gasteiger partial charge in [0.2, 0.25) is 0 Å². The van der Waals surface area contributed by atoms with Gasteiger partial charge in [0.25, 0.3) is 0 Å². The number of anilines is 1. The highest BCUT2D eigenvalue weighted by Crippen LogP contribution is 2.31. The van der Waals surface area contributed by atoms with Crippen LogP contribution in [0.3, 0.4) is 0 Å². The SMILES string of the molecule is COc1ccc(NC(C)c2ccc(C#N)cc2)c(OC)c1. The van der Waals surface area contributed by atoms with Gasteiger partial charge in [-0.15, -0.1) is 0 Å². The predicted molar refractivity (Wildman–Crippen MR) is 82.7 cm³/mol.